The average molecular weight is 439 g/mol. The Balaban J connectivity index is 1.65. The van der Waals surface area contributed by atoms with Crippen LogP contribution in [-0.2, 0) is 16.0 Å². The lowest BCUT2D eigenvalue weighted by molar-refractivity contribution is -0.120. The molecule has 0 fully saturated rings. The molecule has 6 nitrogen and oxygen atoms in total. The largest absolute Gasteiger partial charge is 0.462 e. The van der Waals surface area contributed by atoms with Crippen LogP contribution in [0.5, 0.6) is 0 Å². The average Bonchev–Trinajstić information content (AvgIpc) is 3.20. The zero-order chi connectivity index (χ0) is 22.4. The second-order valence-corrected chi connectivity index (χ2v) is 7.42. The number of nitrogens with zero attached hydrogens (tertiary/aromatic N) is 1. The van der Waals surface area contributed by atoms with Gasteiger partial charge in [0.15, 0.2) is 0 Å². The van der Waals surface area contributed by atoms with E-state index in [1.54, 1.807) is 37.3 Å². The Bertz CT molecular complexity index is 1130. The number of furan rings is 1. The zero-order valence-electron chi connectivity index (χ0n) is 17.6. The molecule has 1 heterocycles. The van der Waals surface area contributed by atoms with Crippen molar-refractivity contribution in [3.8, 4) is 11.3 Å². The molecule has 1 N–H and O–H groups in total. The van der Waals surface area contributed by atoms with Crippen molar-refractivity contribution < 1.29 is 18.7 Å². The lowest BCUT2D eigenvalue weighted by atomic mass is 10.0. The third kappa shape index (κ3) is 5.83. The summed E-state index contributed by atoms with van der Waals surface area (Å²) in [5.41, 5.74) is 6.59. The van der Waals surface area contributed by atoms with Gasteiger partial charge in [-0.1, -0.05) is 35.4 Å². The van der Waals surface area contributed by atoms with Crippen LogP contribution < -0.4 is 5.43 Å². The molecule has 0 atom stereocenters. The fourth-order valence-electron chi connectivity index (χ4n) is 2.99. The minimum Gasteiger partial charge on any atom is -0.462 e. The molecule has 7 heteroatoms. The Kier molecular flexibility index (Phi) is 7.26. The van der Waals surface area contributed by atoms with Crippen LogP contribution in [0.2, 0.25) is 5.02 Å². The maximum Gasteiger partial charge on any atom is 0.339 e. The molecule has 0 saturated heterocycles. The van der Waals surface area contributed by atoms with Crippen LogP contribution in [0.15, 0.2) is 58.0 Å². The SMILES string of the molecule is CCOC(=O)c1cc(-c2ccc(/C=N\NC(=O)Cc3cc(C)ccc3C)o2)ccc1Cl. The Morgan fingerprint density at radius 2 is 1.94 bits per heavy atom. The number of amides is 1. The molecular formula is C24H23ClN2O4. The van der Waals surface area contributed by atoms with E-state index in [0.717, 1.165) is 16.7 Å². The van der Waals surface area contributed by atoms with E-state index in [0.29, 0.717) is 22.1 Å². The Hall–Kier alpha value is -3.38. The minimum absolute atomic E-state index is 0.214. The maximum atomic E-state index is 12.2. The molecule has 3 rings (SSSR count). The van der Waals surface area contributed by atoms with Crippen LogP contribution in [-0.4, -0.2) is 24.7 Å². The number of carbonyl (C=O) groups excluding carboxylic acids is 2. The van der Waals surface area contributed by atoms with E-state index in [2.05, 4.69) is 10.5 Å². The summed E-state index contributed by atoms with van der Waals surface area (Å²) >= 11 is 6.10. The van der Waals surface area contributed by atoms with Crippen molar-refractivity contribution in [2.45, 2.75) is 27.2 Å². The number of aryl methyl sites for hydroxylation is 2. The van der Waals surface area contributed by atoms with E-state index in [1.165, 1.54) is 6.21 Å². The van der Waals surface area contributed by atoms with Gasteiger partial charge in [0.25, 0.3) is 0 Å². The number of esters is 1. The molecule has 0 spiro atoms. The monoisotopic (exact) mass is 438 g/mol. The molecule has 0 aliphatic heterocycles. The zero-order valence-corrected chi connectivity index (χ0v) is 18.3. The van der Waals surface area contributed by atoms with Gasteiger partial charge in [0.1, 0.15) is 11.5 Å². The first-order valence-corrected chi connectivity index (χ1v) is 10.2. The number of carbonyl (C=O) groups is 2. The van der Waals surface area contributed by atoms with Crippen molar-refractivity contribution in [1.82, 2.24) is 5.43 Å². The van der Waals surface area contributed by atoms with E-state index < -0.39 is 5.97 Å². The van der Waals surface area contributed by atoms with Crippen LogP contribution in [0, 0.1) is 13.8 Å². The summed E-state index contributed by atoms with van der Waals surface area (Å²) in [6.45, 7) is 5.95. The van der Waals surface area contributed by atoms with E-state index in [9.17, 15) is 9.59 Å². The highest BCUT2D eigenvalue weighted by Crippen LogP contribution is 2.27. The van der Waals surface area contributed by atoms with Gasteiger partial charge in [-0.05, 0) is 62.2 Å². The highest BCUT2D eigenvalue weighted by molar-refractivity contribution is 6.33. The highest BCUT2D eigenvalue weighted by Gasteiger charge is 2.14. The molecule has 160 valence electrons. The number of ether oxygens (including phenoxy) is 1. The predicted octanol–water partition coefficient (Wildman–Crippen LogP) is 5.09. The van der Waals surface area contributed by atoms with Gasteiger partial charge in [0.2, 0.25) is 5.91 Å². The number of hydrazone groups is 1. The van der Waals surface area contributed by atoms with Crippen molar-refractivity contribution in [3.05, 3.63) is 81.6 Å². The van der Waals surface area contributed by atoms with Crippen molar-refractivity contribution >= 4 is 29.7 Å². The summed E-state index contributed by atoms with van der Waals surface area (Å²) in [5.74, 6) is 0.280. The Labute approximate surface area is 185 Å². The molecule has 1 aromatic heterocycles. The van der Waals surface area contributed by atoms with Crippen molar-refractivity contribution in [2.75, 3.05) is 6.61 Å². The topological polar surface area (TPSA) is 80.9 Å². The van der Waals surface area contributed by atoms with Crippen LogP contribution in [0.3, 0.4) is 0 Å². The first kappa shape index (κ1) is 22.3. The van der Waals surface area contributed by atoms with E-state index in [4.69, 9.17) is 20.8 Å². The van der Waals surface area contributed by atoms with Gasteiger partial charge in [-0.2, -0.15) is 5.10 Å². The highest BCUT2D eigenvalue weighted by atomic mass is 35.5. The maximum absolute atomic E-state index is 12.2. The van der Waals surface area contributed by atoms with Crippen LogP contribution in [0.1, 0.15) is 39.7 Å². The third-order valence-electron chi connectivity index (χ3n) is 4.61. The number of hydrogen-bond donors (Lipinski definition) is 1. The van der Waals surface area contributed by atoms with Gasteiger partial charge in [-0.25, -0.2) is 10.2 Å². The summed E-state index contributed by atoms with van der Waals surface area (Å²) in [6.07, 6.45) is 1.67. The Morgan fingerprint density at radius 3 is 2.71 bits per heavy atom. The van der Waals surface area contributed by atoms with Gasteiger partial charge in [0.05, 0.1) is 29.8 Å². The fraction of sp³-hybridized carbons (Fsp3) is 0.208. The normalized spacial score (nSPS) is 11.0. The molecule has 0 aliphatic rings. The fourth-order valence-corrected chi connectivity index (χ4v) is 3.19. The summed E-state index contributed by atoms with van der Waals surface area (Å²) in [7, 11) is 0. The quantitative estimate of drug-likeness (QED) is 0.316. The van der Waals surface area contributed by atoms with Gasteiger partial charge in [-0.3, -0.25) is 4.79 Å². The van der Waals surface area contributed by atoms with E-state index in [-0.39, 0.29) is 24.5 Å². The first-order chi connectivity index (χ1) is 14.9. The van der Waals surface area contributed by atoms with Crippen molar-refractivity contribution in [3.63, 3.8) is 0 Å². The number of nitrogens with one attached hydrogen (secondary N) is 1. The smallest absolute Gasteiger partial charge is 0.339 e. The van der Waals surface area contributed by atoms with Gasteiger partial charge in [-0.15, -0.1) is 0 Å². The standard InChI is InChI=1S/C24H23ClN2O4/c1-4-30-24(29)20-12-17(7-9-21(20)25)22-10-8-19(31-22)14-26-27-23(28)13-18-11-15(2)5-6-16(18)3/h5-12,14H,4,13H2,1-3H3,(H,27,28)/b26-14-. The summed E-state index contributed by atoms with van der Waals surface area (Å²) < 4.78 is 10.8. The van der Waals surface area contributed by atoms with Crippen LogP contribution in [0.25, 0.3) is 11.3 Å². The number of rotatable bonds is 7. The van der Waals surface area contributed by atoms with E-state index >= 15 is 0 Å². The molecule has 0 radical (unpaired) electrons. The van der Waals surface area contributed by atoms with Gasteiger partial charge in [0, 0.05) is 5.56 Å². The molecule has 2 aromatic carbocycles. The second-order valence-electron chi connectivity index (χ2n) is 7.02. The van der Waals surface area contributed by atoms with Crippen molar-refractivity contribution in [1.29, 1.82) is 0 Å². The number of halogens is 1. The number of benzene rings is 2. The molecule has 31 heavy (non-hydrogen) atoms. The Morgan fingerprint density at radius 1 is 1.13 bits per heavy atom. The molecule has 1 amide bonds. The summed E-state index contributed by atoms with van der Waals surface area (Å²) in [6, 6.07) is 14.4. The first-order valence-electron chi connectivity index (χ1n) is 9.82. The second kappa shape index (κ2) is 10.1. The molecule has 0 unspecified atom stereocenters. The van der Waals surface area contributed by atoms with Crippen LogP contribution in [0.4, 0.5) is 0 Å². The number of hydrogen-bond acceptors (Lipinski definition) is 5. The van der Waals surface area contributed by atoms with Crippen LogP contribution >= 0.6 is 11.6 Å². The van der Waals surface area contributed by atoms with Crippen molar-refractivity contribution in [2.24, 2.45) is 5.10 Å². The molecule has 0 bridgehead atoms. The predicted molar refractivity (Wildman–Crippen MR) is 120 cm³/mol. The molecule has 0 aliphatic carbocycles. The van der Waals surface area contributed by atoms with Gasteiger partial charge < -0.3 is 9.15 Å². The molecule has 3 aromatic rings. The lowest BCUT2D eigenvalue weighted by Crippen LogP contribution is -2.20. The van der Waals surface area contributed by atoms with Gasteiger partial charge >= 0.3 is 5.97 Å². The molecular weight excluding hydrogens is 416 g/mol. The lowest BCUT2D eigenvalue weighted by Gasteiger charge is -2.06. The molecule has 0 saturated carbocycles. The summed E-state index contributed by atoms with van der Waals surface area (Å²) in [5, 5.41) is 4.28. The minimum atomic E-state index is -0.491. The third-order valence-corrected chi connectivity index (χ3v) is 4.94. The summed E-state index contributed by atoms with van der Waals surface area (Å²) in [4.78, 5) is 24.2. The van der Waals surface area contributed by atoms with E-state index in [1.807, 2.05) is 32.0 Å².